The van der Waals surface area contributed by atoms with Crippen molar-refractivity contribution < 1.29 is 9.90 Å². The molecular weight excluding hydrogens is 252 g/mol. The summed E-state index contributed by atoms with van der Waals surface area (Å²) < 4.78 is 0. The van der Waals surface area contributed by atoms with Crippen molar-refractivity contribution in [1.29, 1.82) is 0 Å². The van der Waals surface area contributed by atoms with E-state index in [-0.39, 0.29) is 5.56 Å². The Morgan fingerprint density at radius 1 is 1.00 bits per heavy atom. The summed E-state index contributed by atoms with van der Waals surface area (Å²) in [7, 11) is 0. The van der Waals surface area contributed by atoms with Gasteiger partial charge in [-0.15, -0.1) is 5.11 Å². The first-order valence-electron chi connectivity index (χ1n) is 6.42. The van der Waals surface area contributed by atoms with Crippen LogP contribution >= 0.6 is 0 Å². The molecule has 0 amide bonds. The van der Waals surface area contributed by atoms with Crippen molar-refractivity contribution in [2.75, 3.05) is 0 Å². The normalized spacial score (nSPS) is 11.2. The third-order valence-electron chi connectivity index (χ3n) is 2.97. The number of hydrogen-bond acceptors (Lipinski definition) is 3. The largest absolute Gasteiger partial charge is 0.478 e. The van der Waals surface area contributed by atoms with Gasteiger partial charge in [-0.3, -0.25) is 0 Å². The van der Waals surface area contributed by atoms with E-state index in [9.17, 15) is 4.79 Å². The van der Waals surface area contributed by atoms with Crippen LogP contribution in [0.5, 0.6) is 0 Å². The second kappa shape index (κ2) is 6.10. The van der Waals surface area contributed by atoms with Crippen LogP contribution in [0.15, 0.2) is 58.8 Å². The molecule has 0 spiro atoms. The van der Waals surface area contributed by atoms with E-state index in [4.69, 9.17) is 5.11 Å². The van der Waals surface area contributed by atoms with Gasteiger partial charge in [0.05, 0.1) is 11.3 Å². The Bertz CT molecular complexity index is 631. The Hall–Kier alpha value is -2.49. The van der Waals surface area contributed by atoms with Gasteiger partial charge in [-0.1, -0.05) is 38.1 Å². The zero-order valence-corrected chi connectivity index (χ0v) is 11.4. The van der Waals surface area contributed by atoms with E-state index in [1.807, 2.05) is 24.3 Å². The van der Waals surface area contributed by atoms with Crippen LogP contribution in [0.4, 0.5) is 11.4 Å². The molecule has 0 atom stereocenters. The molecule has 4 heteroatoms. The zero-order chi connectivity index (χ0) is 14.5. The highest BCUT2D eigenvalue weighted by Gasteiger charge is 2.07. The molecule has 0 aromatic heterocycles. The highest BCUT2D eigenvalue weighted by Crippen LogP contribution is 2.23. The number of rotatable bonds is 4. The summed E-state index contributed by atoms with van der Waals surface area (Å²) in [5.74, 6) is -0.538. The molecular formula is C16H16N2O2. The fourth-order valence-electron chi connectivity index (χ4n) is 1.78. The summed E-state index contributed by atoms with van der Waals surface area (Å²) in [6, 6.07) is 14.3. The van der Waals surface area contributed by atoms with Crippen molar-refractivity contribution in [1.82, 2.24) is 0 Å². The summed E-state index contributed by atoms with van der Waals surface area (Å²) in [6.45, 7) is 4.25. The Kier molecular flexibility index (Phi) is 4.25. The molecule has 2 aromatic carbocycles. The van der Waals surface area contributed by atoms with Gasteiger partial charge in [-0.05, 0) is 35.7 Å². The maximum atomic E-state index is 11.1. The third kappa shape index (κ3) is 3.29. The summed E-state index contributed by atoms with van der Waals surface area (Å²) in [4.78, 5) is 11.1. The second-order valence-corrected chi connectivity index (χ2v) is 4.77. The van der Waals surface area contributed by atoms with E-state index in [0.29, 0.717) is 17.3 Å². The summed E-state index contributed by atoms with van der Waals surface area (Å²) in [6.07, 6.45) is 0. The Morgan fingerprint density at radius 3 is 2.25 bits per heavy atom. The number of carbonyl (C=O) groups is 1. The van der Waals surface area contributed by atoms with Gasteiger partial charge in [0, 0.05) is 0 Å². The van der Waals surface area contributed by atoms with Crippen molar-refractivity contribution in [3.05, 3.63) is 59.7 Å². The lowest BCUT2D eigenvalue weighted by Crippen LogP contribution is -1.95. The van der Waals surface area contributed by atoms with Crippen molar-refractivity contribution >= 4 is 17.3 Å². The molecule has 2 aromatic rings. The summed E-state index contributed by atoms with van der Waals surface area (Å²) >= 11 is 0. The molecule has 0 saturated carbocycles. The summed E-state index contributed by atoms with van der Waals surface area (Å²) in [5.41, 5.74) is 2.44. The van der Waals surface area contributed by atoms with Crippen LogP contribution in [0, 0.1) is 0 Å². The maximum absolute atomic E-state index is 11.1. The van der Waals surface area contributed by atoms with E-state index in [1.165, 1.54) is 11.6 Å². The Balaban J connectivity index is 2.23. The molecule has 0 radical (unpaired) electrons. The van der Waals surface area contributed by atoms with Crippen LogP contribution in [-0.4, -0.2) is 11.1 Å². The molecule has 0 saturated heterocycles. The zero-order valence-electron chi connectivity index (χ0n) is 11.4. The van der Waals surface area contributed by atoms with E-state index >= 15 is 0 Å². The summed E-state index contributed by atoms with van der Waals surface area (Å²) in [5, 5.41) is 17.2. The minimum Gasteiger partial charge on any atom is -0.478 e. The Labute approximate surface area is 117 Å². The molecule has 0 heterocycles. The number of azo groups is 1. The number of benzene rings is 2. The minimum absolute atomic E-state index is 0.148. The standard InChI is InChI=1S/C16H16N2O2/c1-11(2)12-7-9-13(10-8-12)17-18-15-6-4-3-5-14(15)16(19)20/h3-11H,1-2H3,(H,19,20)/b18-17+. The first-order chi connectivity index (χ1) is 9.58. The highest BCUT2D eigenvalue weighted by molar-refractivity contribution is 5.93. The molecule has 0 aliphatic carbocycles. The molecule has 0 aliphatic heterocycles. The lowest BCUT2D eigenvalue weighted by molar-refractivity contribution is 0.0698. The minimum atomic E-state index is -1.00. The highest BCUT2D eigenvalue weighted by atomic mass is 16.4. The average Bonchev–Trinajstić information content (AvgIpc) is 2.45. The molecule has 0 unspecified atom stereocenters. The molecule has 4 nitrogen and oxygen atoms in total. The van der Waals surface area contributed by atoms with Crippen LogP contribution in [0.2, 0.25) is 0 Å². The number of hydrogen-bond donors (Lipinski definition) is 1. The van der Waals surface area contributed by atoms with Gasteiger partial charge in [-0.2, -0.15) is 5.11 Å². The number of nitrogens with zero attached hydrogens (tertiary/aromatic N) is 2. The van der Waals surface area contributed by atoms with E-state index < -0.39 is 5.97 Å². The third-order valence-corrected chi connectivity index (χ3v) is 2.97. The molecule has 1 N–H and O–H groups in total. The van der Waals surface area contributed by atoms with Crippen LogP contribution < -0.4 is 0 Å². The first-order valence-corrected chi connectivity index (χ1v) is 6.42. The maximum Gasteiger partial charge on any atom is 0.337 e. The molecule has 0 fully saturated rings. The van der Waals surface area contributed by atoms with Crippen molar-refractivity contribution in [3.8, 4) is 0 Å². The molecule has 20 heavy (non-hydrogen) atoms. The van der Waals surface area contributed by atoms with Gasteiger partial charge in [0.1, 0.15) is 5.69 Å². The SMILES string of the molecule is CC(C)c1ccc(/N=N/c2ccccc2C(=O)O)cc1. The van der Waals surface area contributed by atoms with Crippen LogP contribution in [-0.2, 0) is 0 Å². The van der Waals surface area contributed by atoms with Crippen molar-refractivity contribution in [2.24, 2.45) is 10.2 Å². The van der Waals surface area contributed by atoms with Gasteiger partial charge >= 0.3 is 5.97 Å². The van der Waals surface area contributed by atoms with Gasteiger partial charge < -0.3 is 5.11 Å². The monoisotopic (exact) mass is 268 g/mol. The lowest BCUT2D eigenvalue weighted by atomic mass is 10.0. The predicted octanol–water partition coefficient (Wildman–Crippen LogP) is 4.92. The lowest BCUT2D eigenvalue weighted by Gasteiger charge is -2.04. The van der Waals surface area contributed by atoms with Gasteiger partial charge in [0.15, 0.2) is 0 Å². The van der Waals surface area contributed by atoms with Crippen LogP contribution in [0.1, 0.15) is 35.7 Å². The quantitative estimate of drug-likeness (QED) is 0.799. The fourth-order valence-corrected chi connectivity index (χ4v) is 1.78. The van der Waals surface area contributed by atoms with Gasteiger partial charge in [0.25, 0.3) is 0 Å². The fraction of sp³-hybridized carbons (Fsp3) is 0.188. The van der Waals surface area contributed by atoms with E-state index in [1.54, 1.807) is 18.2 Å². The number of carboxylic acid groups (broad SMARTS) is 1. The van der Waals surface area contributed by atoms with Crippen LogP contribution in [0.25, 0.3) is 0 Å². The molecule has 0 bridgehead atoms. The predicted molar refractivity (Wildman–Crippen MR) is 78.1 cm³/mol. The van der Waals surface area contributed by atoms with Crippen LogP contribution in [0.3, 0.4) is 0 Å². The second-order valence-electron chi connectivity index (χ2n) is 4.77. The topological polar surface area (TPSA) is 62.0 Å². The van der Waals surface area contributed by atoms with Crippen molar-refractivity contribution in [3.63, 3.8) is 0 Å². The van der Waals surface area contributed by atoms with Gasteiger partial charge in [0.2, 0.25) is 0 Å². The molecule has 2 rings (SSSR count). The molecule has 102 valence electrons. The number of carboxylic acids is 1. The van der Waals surface area contributed by atoms with Gasteiger partial charge in [-0.25, -0.2) is 4.79 Å². The smallest absolute Gasteiger partial charge is 0.337 e. The van der Waals surface area contributed by atoms with E-state index in [0.717, 1.165) is 0 Å². The first kappa shape index (κ1) is 13.9. The van der Waals surface area contributed by atoms with E-state index in [2.05, 4.69) is 24.1 Å². The van der Waals surface area contributed by atoms with Crippen molar-refractivity contribution in [2.45, 2.75) is 19.8 Å². The molecule has 0 aliphatic rings. The Morgan fingerprint density at radius 2 is 1.65 bits per heavy atom. The average molecular weight is 268 g/mol. The number of aromatic carboxylic acids is 1.